The number of nitrogens with one attached hydrogen (secondary N) is 1. The standard InChI is InChI=1S/C19H21N3O/c1-22-14-17(19(21-22)16-5-3-2-4-6-16)13-20-18-9-7-15(8-10-18)11-12-23/h2-10,14,20,23H,11-13H2,1H3. The molecule has 0 atom stereocenters. The van der Waals surface area contributed by atoms with E-state index >= 15 is 0 Å². The lowest BCUT2D eigenvalue weighted by atomic mass is 10.1. The van der Waals surface area contributed by atoms with Crippen molar-refractivity contribution in [2.45, 2.75) is 13.0 Å². The van der Waals surface area contributed by atoms with E-state index in [0.29, 0.717) is 6.42 Å². The van der Waals surface area contributed by atoms with Crippen LogP contribution >= 0.6 is 0 Å². The first-order valence-electron chi connectivity index (χ1n) is 7.78. The van der Waals surface area contributed by atoms with Crippen molar-refractivity contribution in [3.05, 3.63) is 71.9 Å². The molecule has 0 unspecified atom stereocenters. The maximum Gasteiger partial charge on any atom is 0.0972 e. The summed E-state index contributed by atoms with van der Waals surface area (Å²) in [5, 5.41) is 17.0. The quantitative estimate of drug-likeness (QED) is 0.735. The summed E-state index contributed by atoms with van der Waals surface area (Å²) >= 11 is 0. The zero-order valence-electron chi connectivity index (χ0n) is 13.2. The first-order valence-corrected chi connectivity index (χ1v) is 7.78. The average molecular weight is 307 g/mol. The molecule has 118 valence electrons. The Kier molecular flexibility index (Phi) is 4.74. The van der Waals surface area contributed by atoms with E-state index in [0.717, 1.165) is 34.6 Å². The van der Waals surface area contributed by atoms with Gasteiger partial charge in [0.25, 0.3) is 0 Å². The number of aliphatic hydroxyl groups is 1. The molecule has 1 heterocycles. The van der Waals surface area contributed by atoms with Crippen LogP contribution in [0.25, 0.3) is 11.3 Å². The van der Waals surface area contributed by atoms with Gasteiger partial charge in [0.15, 0.2) is 0 Å². The Balaban J connectivity index is 1.73. The largest absolute Gasteiger partial charge is 0.396 e. The van der Waals surface area contributed by atoms with Crippen molar-refractivity contribution >= 4 is 5.69 Å². The minimum absolute atomic E-state index is 0.183. The van der Waals surface area contributed by atoms with E-state index in [1.165, 1.54) is 0 Å². The normalized spacial score (nSPS) is 10.7. The maximum absolute atomic E-state index is 8.96. The van der Waals surface area contributed by atoms with E-state index in [1.807, 2.05) is 54.2 Å². The van der Waals surface area contributed by atoms with E-state index in [4.69, 9.17) is 5.11 Å². The van der Waals surface area contributed by atoms with Crippen molar-refractivity contribution in [3.63, 3.8) is 0 Å². The summed E-state index contributed by atoms with van der Waals surface area (Å²) in [5.74, 6) is 0. The second-order valence-corrected chi connectivity index (χ2v) is 5.57. The van der Waals surface area contributed by atoms with Gasteiger partial charge < -0.3 is 10.4 Å². The SMILES string of the molecule is Cn1cc(CNc2ccc(CCO)cc2)c(-c2ccccc2)n1. The number of rotatable bonds is 6. The Labute approximate surface area is 136 Å². The minimum atomic E-state index is 0.183. The molecular formula is C19H21N3O. The maximum atomic E-state index is 8.96. The molecule has 4 heteroatoms. The number of benzene rings is 2. The zero-order chi connectivity index (χ0) is 16.1. The highest BCUT2D eigenvalue weighted by Crippen LogP contribution is 2.22. The first-order chi connectivity index (χ1) is 11.3. The number of aryl methyl sites for hydroxylation is 1. The molecule has 0 saturated heterocycles. The zero-order valence-corrected chi connectivity index (χ0v) is 13.2. The third-order valence-electron chi connectivity index (χ3n) is 3.79. The number of aromatic nitrogens is 2. The van der Waals surface area contributed by atoms with Gasteiger partial charge in [0.2, 0.25) is 0 Å². The Bertz CT molecular complexity index is 748. The van der Waals surface area contributed by atoms with Gasteiger partial charge >= 0.3 is 0 Å². The highest BCUT2D eigenvalue weighted by molar-refractivity contribution is 5.63. The van der Waals surface area contributed by atoms with Crippen molar-refractivity contribution < 1.29 is 5.11 Å². The van der Waals surface area contributed by atoms with Crippen molar-refractivity contribution in [1.29, 1.82) is 0 Å². The molecule has 0 amide bonds. The second-order valence-electron chi connectivity index (χ2n) is 5.57. The lowest BCUT2D eigenvalue weighted by molar-refractivity contribution is 0.299. The fraction of sp³-hybridized carbons (Fsp3) is 0.211. The molecule has 23 heavy (non-hydrogen) atoms. The third kappa shape index (κ3) is 3.79. The molecule has 0 aliphatic rings. The van der Waals surface area contributed by atoms with Crippen LogP contribution in [0.4, 0.5) is 5.69 Å². The summed E-state index contributed by atoms with van der Waals surface area (Å²) in [4.78, 5) is 0. The number of hydrogen-bond donors (Lipinski definition) is 2. The Morgan fingerprint density at radius 1 is 1.04 bits per heavy atom. The predicted octanol–water partition coefficient (Wildman–Crippen LogP) is 3.23. The molecule has 0 bridgehead atoms. The summed E-state index contributed by atoms with van der Waals surface area (Å²) in [7, 11) is 1.94. The van der Waals surface area contributed by atoms with E-state index in [1.54, 1.807) is 0 Å². The van der Waals surface area contributed by atoms with E-state index in [2.05, 4.69) is 28.7 Å². The van der Waals surface area contributed by atoms with Crippen LogP contribution < -0.4 is 5.32 Å². The van der Waals surface area contributed by atoms with Crippen LogP contribution in [-0.4, -0.2) is 21.5 Å². The first kappa shape index (κ1) is 15.3. The van der Waals surface area contributed by atoms with Crippen LogP contribution in [0.2, 0.25) is 0 Å². The number of anilines is 1. The molecule has 0 radical (unpaired) electrons. The van der Waals surface area contributed by atoms with Crippen molar-refractivity contribution in [2.75, 3.05) is 11.9 Å². The topological polar surface area (TPSA) is 50.1 Å². The summed E-state index contributed by atoms with van der Waals surface area (Å²) in [6.07, 6.45) is 2.75. The van der Waals surface area contributed by atoms with Crippen LogP contribution in [0, 0.1) is 0 Å². The molecule has 0 aliphatic carbocycles. The molecule has 3 rings (SSSR count). The summed E-state index contributed by atoms with van der Waals surface area (Å²) in [6.45, 7) is 0.903. The monoisotopic (exact) mass is 307 g/mol. The van der Waals surface area contributed by atoms with Gasteiger partial charge in [-0.3, -0.25) is 4.68 Å². The highest BCUT2D eigenvalue weighted by Gasteiger charge is 2.09. The molecule has 0 saturated carbocycles. The number of nitrogens with zero attached hydrogens (tertiary/aromatic N) is 2. The van der Waals surface area contributed by atoms with Crippen LogP contribution in [0.3, 0.4) is 0 Å². The fourth-order valence-corrected chi connectivity index (χ4v) is 2.62. The van der Waals surface area contributed by atoms with Crippen LogP contribution in [-0.2, 0) is 20.0 Å². The molecule has 2 N–H and O–H groups in total. The molecule has 3 aromatic rings. The highest BCUT2D eigenvalue weighted by atomic mass is 16.2. The van der Waals surface area contributed by atoms with E-state index < -0.39 is 0 Å². The lowest BCUT2D eigenvalue weighted by Crippen LogP contribution is -2.00. The van der Waals surface area contributed by atoms with Gasteiger partial charge in [-0.2, -0.15) is 5.10 Å². The van der Waals surface area contributed by atoms with Gasteiger partial charge in [0.1, 0.15) is 0 Å². The van der Waals surface area contributed by atoms with Gasteiger partial charge in [-0.05, 0) is 24.1 Å². The molecule has 0 spiro atoms. The minimum Gasteiger partial charge on any atom is -0.396 e. The summed E-state index contributed by atoms with van der Waals surface area (Å²) in [5.41, 5.74) is 5.51. The summed E-state index contributed by atoms with van der Waals surface area (Å²) < 4.78 is 1.85. The average Bonchev–Trinajstić information content (AvgIpc) is 2.96. The van der Waals surface area contributed by atoms with Gasteiger partial charge in [0, 0.05) is 43.2 Å². The second kappa shape index (κ2) is 7.11. The summed E-state index contributed by atoms with van der Waals surface area (Å²) in [6, 6.07) is 18.4. The van der Waals surface area contributed by atoms with Crippen molar-refractivity contribution in [1.82, 2.24) is 9.78 Å². The molecule has 1 aromatic heterocycles. The Hall–Kier alpha value is -2.59. The molecule has 2 aromatic carbocycles. The predicted molar refractivity (Wildman–Crippen MR) is 93.2 cm³/mol. The van der Waals surface area contributed by atoms with Crippen LogP contribution in [0.1, 0.15) is 11.1 Å². The smallest absolute Gasteiger partial charge is 0.0972 e. The van der Waals surface area contributed by atoms with Gasteiger partial charge in [0.05, 0.1) is 5.69 Å². The Morgan fingerprint density at radius 3 is 2.48 bits per heavy atom. The van der Waals surface area contributed by atoms with E-state index in [-0.39, 0.29) is 6.61 Å². The molecule has 0 fully saturated rings. The van der Waals surface area contributed by atoms with Gasteiger partial charge in [-0.1, -0.05) is 42.5 Å². The van der Waals surface area contributed by atoms with Crippen molar-refractivity contribution in [2.24, 2.45) is 7.05 Å². The third-order valence-corrected chi connectivity index (χ3v) is 3.79. The molecule has 0 aliphatic heterocycles. The number of aliphatic hydroxyl groups excluding tert-OH is 1. The number of hydrogen-bond acceptors (Lipinski definition) is 3. The molecular weight excluding hydrogens is 286 g/mol. The van der Waals surface area contributed by atoms with Gasteiger partial charge in [-0.15, -0.1) is 0 Å². The lowest BCUT2D eigenvalue weighted by Gasteiger charge is -2.08. The molecule has 4 nitrogen and oxygen atoms in total. The fourth-order valence-electron chi connectivity index (χ4n) is 2.62. The van der Waals surface area contributed by atoms with Crippen molar-refractivity contribution in [3.8, 4) is 11.3 Å². The van der Waals surface area contributed by atoms with Crippen LogP contribution in [0.5, 0.6) is 0 Å². The Morgan fingerprint density at radius 2 is 1.78 bits per heavy atom. The van der Waals surface area contributed by atoms with Crippen LogP contribution in [0.15, 0.2) is 60.8 Å². The van der Waals surface area contributed by atoms with E-state index in [9.17, 15) is 0 Å². The van der Waals surface area contributed by atoms with Gasteiger partial charge in [-0.25, -0.2) is 0 Å².